The lowest BCUT2D eigenvalue weighted by Gasteiger charge is -2.46. The van der Waals surface area contributed by atoms with Crippen molar-refractivity contribution in [3.63, 3.8) is 0 Å². The van der Waals surface area contributed by atoms with Gasteiger partial charge in [-0.2, -0.15) is 4.99 Å². The van der Waals surface area contributed by atoms with Gasteiger partial charge in [-0.25, -0.2) is 9.38 Å². The standard InChI is InChI=1S/C21H21FN8O/c22-14-4-5-16(30-20(24)26-19(23)27-21(30)8-2-1-3-9-21)15(12-14)18-29-28-17(31-18)13-6-10-25-11-7-13/h4-7,10-12H,1-3,8-9H2,(H4,23,24,26,27). The van der Waals surface area contributed by atoms with E-state index in [2.05, 4.69) is 25.2 Å². The Kier molecular flexibility index (Phi) is 4.61. The van der Waals surface area contributed by atoms with Crippen LogP contribution in [-0.2, 0) is 0 Å². The van der Waals surface area contributed by atoms with E-state index in [0.29, 0.717) is 22.7 Å². The van der Waals surface area contributed by atoms with E-state index in [4.69, 9.17) is 15.9 Å². The molecule has 9 nitrogen and oxygen atoms in total. The average molecular weight is 420 g/mol. The molecule has 0 saturated heterocycles. The van der Waals surface area contributed by atoms with E-state index >= 15 is 0 Å². The van der Waals surface area contributed by atoms with Crippen molar-refractivity contribution in [2.75, 3.05) is 4.90 Å². The van der Waals surface area contributed by atoms with Crippen LogP contribution in [0.15, 0.2) is 57.1 Å². The van der Waals surface area contributed by atoms with Crippen LogP contribution in [0.4, 0.5) is 10.1 Å². The van der Waals surface area contributed by atoms with Gasteiger partial charge in [0.2, 0.25) is 23.7 Å². The number of aromatic nitrogens is 3. The minimum Gasteiger partial charge on any atom is -0.416 e. The van der Waals surface area contributed by atoms with E-state index in [-0.39, 0.29) is 17.8 Å². The third-order valence-electron chi connectivity index (χ3n) is 5.63. The van der Waals surface area contributed by atoms with Crippen LogP contribution in [0, 0.1) is 5.82 Å². The fraction of sp³-hybridized carbons (Fsp3) is 0.286. The van der Waals surface area contributed by atoms with Crippen molar-refractivity contribution in [3.8, 4) is 22.9 Å². The van der Waals surface area contributed by atoms with E-state index in [0.717, 1.165) is 32.1 Å². The number of aliphatic imine (C=N–C) groups is 2. The Labute approximate surface area is 177 Å². The van der Waals surface area contributed by atoms with Gasteiger partial charge in [-0.15, -0.1) is 10.2 Å². The van der Waals surface area contributed by atoms with Crippen molar-refractivity contribution in [1.82, 2.24) is 15.2 Å². The fourth-order valence-corrected chi connectivity index (χ4v) is 4.29. The quantitative estimate of drug-likeness (QED) is 0.665. The lowest BCUT2D eigenvalue weighted by molar-refractivity contribution is 0.305. The van der Waals surface area contributed by atoms with Gasteiger partial charge in [-0.3, -0.25) is 9.88 Å². The van der Waals surface area contributed by atoms with E-state index in [9.17, 15) is 4.39 Å². The number of guanidine groups is 2. The van der Waals surface area contributed by atoms with Crippen LogP contribution in [-0.4, -0.2) is 32.8 Å². The van der Waals surface area contributed by atoms with Crippen LogP contribution in [0.1, 0.15) is 32.1 Å². The number of hydrogen-bond donors (Lipinski definition) is 2. The van der Waals surface area contributed by atoms with Crippen LogP contribution in [0.25, 0.3) is 22.9 Å². The zero-order valence-corrected chi connectivity index (χ0v) is 16.7. The Balaban J connectivity index is 1.63. The van der Waals surface area contributed by atoms with Crippen LogP contribution in [0.3, 0.4) is 0 Å². The summed E-state index contributed by atoms with van der Waals surface area (Å²) in [5.41, 5.74) is 13.3. The molecule has 0 radical (unpaired) electrons. The molecule has 2 aliphatic rings. The van der Waals surface area contributed by atoms with Gasteiger partial charge in [0.25, 0.3) is 0 Å². The van der Waals surface area contributed by atoms with Crippen molar-refractivity contribution in [1.29, 1.82) is 0 Å². The summed E-state index contributed by atoms with van der Waals surface area (Å²) in [5, 5.41) is 8.28. The van der Waals surface area contributed by atoms with Crippen LogP contribution < -0.4 is 16.4 Å². The van der Waals surface area contributed by atoms with Gasteiger partial charge in [0.15, 0.2) is 0 Å². The van der Waals surface area contributed by atoms with Crippen molar-refractivity contribution in [2.45, 2.75) is 37.8 Å². The second kappa shape index (κ2) is 7.46. The molecule has 3 heterocycles. The summed E-state index contributed by atoms with van der Waals surface area (Å²) < 4.78 is 20.2. The normalized spacial score (nSPS) is 18.0. The van der Waals surface area contributed by atoms with Gasteiger partial charge in [0.1, 0.15) is 11.5 Å². The number of hydrogen-bond acceptors (Lipinski definition) is 9. The maximum atomic E-state index is 14.3. The molecule has 1 fully saturated rings. The lowest BCUT2D eigenvalue weighted by Crippen LogP contribution is -2.58. The first kappa shape index (κ1) is 19.2. The summed E-state index contributed by atoms with van der Waals surface area (Å²) in [6.45, 7) is 0. The smallest absolute Gasteiger partial charge is 0.250 e. The summed E-state index contributed by atoms with van der Waals surface area (Å²) in [7, 11) is 0. The molecular formula is C21H21FN8O. The lowest BCUT2D eigenvalue weighted by atomic mass is 9.87. The molecule has 1 aromatic carbocycles. The maximum Gasteiger partial charge on any atom is 0.250 e. The number of halogens is 1. The fourth-order valence-electron chi connectivity index (χ4n) is 4.29. The molecule has 1 saturated carbocycles. The number of benzene rings is 1. The minimum absolute atomic E-state index is 0.150. The van der Waals surface area contributed by atoms with Gasteiger partial charge >= 0.3 is 0 Å². The molecule has 1 aliphatic carbocycles. The van der Waals surface area contributed by atoms with E-state index in [1.165, 1.54) is 12.1 Å². The van der Waals surface area contributed by atoms with E-state index < -0.39 is 11.5 Å². The first-order valence-electron chi connectivity index (χ1n) is 10.1. The van der Waals surface area contributed by atoms with Crippen LogP contribution in [0.5, 0.6) is 0 Å². The monoisotopic (exact) mass is 420 g/mol. The topological polar surface area (TPSA) is 132 Å². The molecule has 1 spiro atoms. The SMILES string of the molecule is NC1=NC2(CCCCC2)N(c2ccc(F)cc2-c2nnc(-c3ccncc3)o2)C(N)=N1. The minimum atomic E-state index is -0.672. The summed E-state index contributed by atoms with van der Waals surface area (Å²) in [6, 6.07) is 7.87. The highest BCUT2D eigenvalue weighted by atomic mass is 19.1. The Morgan fingerprint density at radius 3 is 2.48 bits per heavy atom. The molecule has 4 N–H and O–H groups in total. The predicted octanol–water partition coefficient (Wildman–Crippen LogP) is 3.05. The predicted molar refractivity (Wildman–Crippen MR) is 114 cm³/mol. The second-order valence-electron chi connectivity index (χ2n) is 7.63. The third kappa shape index (κ3) is 3.39. The van der Waals surface area contributed by atoms with Gasteiger partial charge in [-0.1, -0.05) is 6.42 Å². The Morgan fingerprint density at radius 2 is 1.71 bits per heavy atom. The molecule has 158 valence electrons. The molecule has 0 amide bonds. The van der Waals surface area contributed by atoms with Gasteiger partial charge in [0.05, 0.1) is 11.3 Å². The molecular weight excluding hydrogens is 399 g/mol. The molecule has 0 unspecified atom stereocenters. The first-order valence-corrected chi connectivity index (χ1v) is 10.1. The van der Waals surface area contributed by atoms with E-state index in [1.807, 2.05) is 4.90 Å². The van der Waals surface area contributed by atoms with Gasteiger partial charge < -0.3 is 15.9 Å². The highest BCUT2D eigenvalue weighted by Crippen LogP contribution is 2.43. The average Bonchev–Trinajstić information content (AvgIpc) is 3.25. The molecule has 0 bridgehead atoms. The van der Waals surface area contributed by atoms with Gasteiger partial charge in [-0.05, 0) is 56.0 Å². The summed E-state index contributed by atoms with van der Waals surface area (Å²) in [4.78, 5) is 14.7. The highest BCUT2D eigenvalue weighted by Gasteiger charge is 2.43. The summed E-state index contributed by atoms with van der Waals surface area (Å²) >= 11 is 0. The molecule has 31 heavy (non-hydrogen) atoms. The Morgan fingerprint density at radius 1 is 0.968 bits per heavy atom. The number of anilines is 1. The summed E-state index contributed by atoms with van der Waals surface area (Å²) in [5.74, 6) is 0.397. The molecule has 5 rings (SSSR count). The third-order valence-corrected chi connectivity index (χ3v) is 5.63. The van der Waals surface area contributed by atoms with E-state index in [1.54, 1.807) is 30.6 Å². The highest BCUT2D eigenvalue weighted by molar-refractivity contribution is 6.07. The molecule has 10 heteroatoms. The van der Waals surface area contributed by atoms with Crippen LogP contribution >= 0.6 is 0 Å². The van der Waals surface area contributed by atoms with Crippen LogP contribution in [0.2, 0.25) is 0 Å². The number of nitrogens with zero attached hydrogens (tertiary/aromatic N) is 6. The molecule has 3 aromatic rings. The van der Waals surface area contributed by atoms with Crippen molar-refractivity contribution in [3.05, 3.63) is 48.5 Å². The zero-order valence-electron chi connectivity index (χ0n) is 16.7. The van der Waals surface area contributed by atoms with Crippen molar-refractivity contribution >= 4 is 17.6 Å². The Bertz CT molecular complexity index is 1170. The van der Waals surface area contributed by atoms with Crippen molar-refractivity contribution in [2.24, 2.45) is 21.5 Å². The molecule has 2 aromatic heterocycles. The first-order chi connectivity index (χ1) is 15.1. The molecule has 0 atom stereocenters. The number of pyridine rings is 1. The Hall–Kier alpha value is -3.82. The van der Waals surface area contributed by atoms with Crippen molar-refractivity contribution < 1.29 is 8.81 Å². The van der Waals surface area contributed by atoms with Gasteiger partial charge in [0, 0.05) is 18.0 Å². The summed E-state index contributed by atoms with van der Waals surface area (Å²) in [6.07, 6.45) is 7.84. The molecule has 1 aliphatic heterocycles. The second-order valence-corrected chi connectivity index (χ2v) is 7.63. The maximum absolute atomic E-state index is 14.3. The number of rotatable bonds is 3. The largest absolute Gasteiger partial charge is 0.416 e. The zero-order chi connectivity index (χ0) is 21.4. The number of nitrogens with two attached hydrogens (primary N) is 2.